The molecule has 28 heavy (non-hydrogen) atoms. The molecule has 0 amide bonds. The van der Waals surface area contributed by atoms with Crippen LogP contribution in [0.4, 0.5) is 5.69 Å². The molecule has 6 heteroatoms. The van der Waals surface area contributed by atoms with Gasteiger partial charge in [-0.05, 0) is 12.1 Å². The van der Waals surface area contributed by atoms with Gasteiger partial charge in [0.1, 0.15) is 17.8 Å². The molecule has 0 N–H and O–H groups in total. The highest BCUT2D eigenvalue weighted by atomic mass is 32.2. The van der Waals surface area contributed by atoms with Crippen LogP contribution in [0.5, 0.6) is 5.75 Å². The molecule has 0 aromatic heterocycles. The van der Waals surface area contributed by atoms with Crippen LogP contribution in [0.15, 0.2) is 88.7 Å². The number of thioether (sulfide) groups is 1. The van der Waals surface area contributed by atoms with Crippen molar-refractivity contribution in [3.8, 4) is 5.75 Å². The second kappa shape index (κ2) is 7.70. The molecule has 0 saturated heterocycles. The molecule has 0 bridgehead atoms. The fourth-order valence-electron chi connectivity index (χ4n) is 3.10. The summed E-state index contributed by atoms with van der Waals surface area (Å²) in [6, 6.07) is 23.3. The monoisotopic (exact) mass is 389 g/mol. The number of benzene rings is 3. The molecule has 1 atom stereocenters. The standard InChI is InChI=1S/C22H15NO4S/c24-14-19-18-11-4-5-12-20(18)27-21(15-7-2-1-3-8-15)22(19)28-17-10-6-9-16(13-17)23(25)26/h1-14,19H. The molecule has 1 aliphatic heterocycles. The first-order chi connectivity index (χ1) is 13.7. The van der Waals surface area contributed by atoms with Gasteiger partial charge in [0.05, 0.1) is 10.8 Å². The summed E-state index contributed by atoms with van der Waals surface area (Å²) in [5.41, 5.74) is 1.63. The molecule has 1 unspecified atom stereocenters. The smallest absolute Gasteiger partial charge is 0.270 e. The second-order valence-corrected chi connectivity index (χ2v) is 7.28. The van der Waals surface area contributed by atoms with Crippen molar-refractivity contribution in [1.29, 1.82) is 0 Å². The van der Waals surface area contributed by atoms with Crippen molar-refractivity contribution in [2.45, 2.75) is 10.8 Å². The molecule has 0 saturated carbocycles. The molecule has 5 nitrogen and oxygen atoms in total. The quantitative estimate of drug-likeness (QED) is 0.331. The second-order valence-electron chi connectivity index (χ2n) is 6.17. The summed E-state index contributed by atoms with van der Waals surface area (Å²) >= 11 is 1.31. The van der Waals surface area contributed by atoms with E-state index in [0.717, 1.165) is 17.4 Å². The minimum Gasteiger partial charge on any atom is -0.456 e. The summed E-state index contributed by atoms with van der Waals surface area (Å²) in [5.74, 6) is 0.721. The van der Waals surface area contributed by atoms with Crippen LogP contribution in [0.25, 0.3) is 5.76 Å². The first-order valence-electron chi connectivity index (χ1n) is 8.61. The zero-order valence-electron chi connectivity index (χ0n) is 14.6. The van der Waals surface area contributed by atoms with Gasteiger partial charge in [-0.2, -0.15) is 0 Å². The summed E-state index contributed by atoms with van der Waals surface area (Å²) in [6.07, 6.45) is 0.893. The Hall–Kier alpha value is -3.38. The predicted octanol–water partition coefficient (Wildman–Crippen LogP) is 5.43. The van der Waals surface area contributed by atoms with E-state index in [9.17, 15) is 14.9 Å². The number of rotatable bonds is 5. The third-order valence-corrected chi connectivity index (χ3v) is 5.55. The van der Waals surface area contributed by atoms with Gasteiger partial charge in [0.2, 0.25) is 0 Å². The third-order valence-electron chi connectivity index (χ3n) is 4.40. The van der Waals surface area contributed by atoms with E-state index in [-0.39, 0.29) is 5.69 Å². The maximum absolute atomic E-state index is 12.1. The highest BCUT2D eigenvalue weighted by Crippen LogP contribution is 2.48. The SMILES string of the molecule is O=CC1C(Sc2cccc([N+](=O)[O-])c2)=C(c2ccccc2)Oc2ccccc21. The van der Waals surface area contributed by atoms with E-state index in [1.54, 1.807) is 12.1 Å². The maximum atomic E-state index is 12.1. The van der Waals surface area contributed by atoms with Gasteiger partial charge in [0.15, 0.2) is 0 Å². The topological polar surface area (TPSA) is 69.4 Å². The molecule has 3 aromatic rings. The average Bonchev–Trinajstić information content (AvgIpc) is 2.74. The highest BCUT2D eigenvalue weighted by Gasteiger charge is 2.31. The molecule has 0 radical (unpaired) electrons. The van der Waals surface area contributed by atoms with Crippen molar-refractivity contribution in [3.63, 3.8) is 0 Å². The number of nitro groups is 1. The highest BCUT2D eigenvalue weighted by molar-refractivity contribution is 8.03. The zero-order chi connectivity index (χ0) is 19.5. The lowest BCUT2D eigenvalue weighted by atomic mass is 9.95. The van der Waals surface area contributed by atoms with Crippen LogP contribution in [0.2, 0.25) is 0 Å². The molecular formula is C22H15NO4S. The van der Waals surface area contributed by atoms with Gasteiger partial charge < -0.3 is 9.53 Å². The van der Waals surface area contributed by atoms with Gasteiger partial charge in [0.25, 0.3) is 5.69 Å². The molecule has 138 valence electrons. The number of nitrogens with zero attached hydrogens (tertiary/aromatic N) is 1. The van der Waals surface area contributed by atoms with E-state index in [1.807, 2.05) is 54.6 Å². The third kappa shape index (κ3) is 3.42. The molecule has 0 aliphatic carbocycles. The number of fused-ring (bicyclic) bond motifs is 1. The Balaban J connectivity index is 1.85. The Morgan fingerprint density at radius 2 is 1.71 bits per heavy atom. The molecule has 1 aliphatic rings. The number of carbonyl (C=O) groups excluding carboxylic acids is 1. The van der Waals surface area contributed by atoms with Crippen molar-refractivity contribution in [2.75, 3.05) is 0 Å². The van der Waals surface area contributed by atoms with Crippen molar-refractivity contribution in [3.05, 3.63) is 105 Å². The van der Waals surface area contributed by atoms with Crippen LogP contribution in [-0.2, 0) is 4.79 Å². The van der Waals surface area contributed by atoms with Crippen molar-refractivity contribution >= 4 is 29.5 Å². The maximum Gasteiger partial charge on any atom is 0.270 e. The number of non-ortho nitro benzene ring substituents is 1. The van der Waals surface area contributed by atoms with Crippen LogP contribution >= 0.6 is 11.8 Å². The summed E-state index contributed by atoms with van der Waals surface area (Å²) in [7, 11) is 0. The van der Waals surface area contributed by atoms with Crippen molar-refractivity contribution in [1.82, 2.24) is 0 Å². The average molecular weight is 389 g/mol. The van der Waals surface area contributed by atoms with Crippen molar-refractivity contribution < 1.29 is 14.5 Å². The fourth-order valence-corrected chi connectivity index (χ4v) is 4.24. The molecular weight excluding hydrogens is 374 g/mol. The molecule has 3 aromatic carbocycles. The van der Waals surface area contributed by atoms with E-state index in [4.69, 9.17) is 4.74 Å². The van der Waals surface area contributed by atoms with E-state index in [0.29, 0.717) is 21.3 Å². The van der Waals surface area contributed by atoms with Crippen LogP contribution in [0.1, 0.15) is 17.0 Å². The number of hydrogen-bond donors (Lipinski definition) is 0. The Bertz CT molecular complexity index is 1080. The Labute approximate surface area is 165 Å². The van der Waals surface area contributed by atoms with Crippen LogP contribution < -0.4 is 4.74 Å². The minimum absolute atomic E-state index is 0.00615. The molecule has 0 fully saturated rings. The molecule has 0 spiro atoms. The Morgan fingerprint density at radius 1 is 0.964 bits per heavy atom. The van der Waals surface area contributed by atoms with E-state index < -0.39 is 10.8 Å². The minimum atomic E-state index is -0.510. The van der Waals surface area contributed by atoms with Crippen LogP contribution in [-0.4, -0.2) is 11.2 Å². The number of aldehydes is 1. The number of carbonyl (C=O) groups is 1. The van der Waals surface area contributed by atoms with Gasteiger partial charge in [0, 0.05) is 33.1 Å². The number of para-hydroxylation sites is 1. The lowest BCUT2D eigenvalue weighted by Crippen LogP contribution is -2.14. The first-order valence-corrected chi connectivity index (χ1v) is 9.43. The Morgan fingerprint density at radius 3 is 2.46 bits per heavy atom. The first kappa shape index (κ1) is 18.0. The molecule has 1 heterocycles. The summed E-state index contributed by atoms with van der Waals surface area (Å²) in [6.45, 7) is 0. The largest absolute Gasteiger partial charge is 0.456 e. The zero-order valence-corrected chi connectivity index (χ0v) is 15.5. The lowest BCUT2D eigenvalue weighted by Gasteiger charge is -2.27. The fraction of sp³-hybridized carbons (Fsp3) is 0.0455. The number of nitro benzene ring substituents is 1. The summed E-state index contributed by atoms with van der Waals surface area (Å²) in [4.78, 5) is 24.1. The van der Waals surface area contributed by atoms with Gasteiger partial charge in [-0.3, -0.25) is 10.1 Å². The van der Waals surface area contributed by atoms with Gasteiger partial charge in [-0.25, -0.2) is 0 Å². The van der Waals surface area contributed by atoms with E-state index >= 15 is 0 Å². The van der Waals surface area contributed by atoms with E-state index in [2.05, 4.69) is 0 Å². The number of ether oxygens (including phenoxy) is 1. The van der Waals surface area contributed by atoms with Crippen LogP contribution in [0, 0.1) is 10.1 Å². The Kier molecular flexibility index (Phi) is 4.95. The number of allylic oxidation sites excluding steroid dienone is 1. The van der Waals surface area contributed by atoms with Gasteiger partial charge in [-0.1, -0.05) is 66.4 Å². The molecule has 4 rings (SSSR count). The van der Waals surface area contributed by atoms with Gasteiger partial charge in [-0.15, -0.1) is 0 Å². The predicted molar refractivity (Wildman–Crippen MR) is 108 cm³/mol. The van der Waals surface area contributed by atoms with Gasteiger partial charge >= 0.3 is 0 Å². The van der Waals surface area contributed by atoms with Crippen LogP contribution in [0.3, 0.4) is 0 Å². The summed E-state index contributed by atoms with van der Waals surface area (Å²) in [5, 5.41) is 11.1. The number of hydrogen-bond acceptors (Lipinski definition) is 5. The lowest BCUT2D eigenvalue weighted by molar-refractivity contribution is -0.385. The normalized spacial score (nSPS) is 15.5. The van der Waals surface area contributed by atoms with E-state index in [1.165, 1.54) is 23.9 Å². The summed E-state index contributed by atoms with van der Waals surface area (Å²) < 4.78 is 6.18. The van der Waals surface area contributed by atoms with Crippen molar-refractivity contribution in [2.24, 2.45) is 0 Å².